The molecule has 10 heteroatoms. The number of ether oxygens (including phenoxy) is 2. The summed E-state index contributed by atoms with van der Waals surface area (Å²) in [5.74, 6) is -1.31. The number of para-hydroxylation sites is 2. The molecule has 36 heavy (non-hydrogen) atoms. The van der Waals surface area contributed by atoms with Gasteiger partial charge in [-0.2, -0.15) is 0 Å². The van der Waals surface area contributed by atoms with Crippen molar-refractivity contribution in [1.82, 2.24) is 5.32 Å². The van der Waals surface area contributed by atoms with Crippen LogP contribution in [-0.2, 0) is 14.3 Å². The number of amides is 3. The van der Waals surface area contributed by atoms with Crippen LogP contribution in [0.15, 0.2) is 84.9 Å². The standard InChI is InChI=1S/C26H24IN3O6/c1-35-22(13-14-23(32)29-20-10-6-5-9-19(20)28)24(18-15-17(27)11-12-21(18)31)36-26(34)30-25(33)16-7-3-2-4-8-16/h2-15,22,24,31H,28H2,1H3,(H,29,32)(H,30,33,34)/b14-13+/t22-,24-/m0/s1. The van der Waals surface area contributed by atoms with Crippen molar-refractivity contribution in [3.05, 3.63) is 99.6 Å². The number of carbonyl (C=O) groups excluding carboxylic acids is 3. The predicted octanol–water partition coefficient (Wildman–Crippen LogP) is 4.40. The number of methoxy groups -OCH3 is 1. The topological polar surface area (TPSA) is 140 Å². The number of phenols is 1. The van der Waals surface area contributed by atoms with Crippen molar-refractivity contribution in [3.8, 4) is 5.75 Å². The highest BCUT2D eigenvalue weighted by molar-refractivity contribution is 14.1. The average molecular weight is 601 g/mol. The molecule has 0 spiro atoms. The van der Waals surface area contributed by atoms with E-state index >= 15 is 0 Å². The summed E-state index contributed by atoms with van der Waals surface area (Å²) in [4.78, 5) is 37.5. The molecular weight excluding hydrogens is 577 g/mol. The van der Waals surface area contributed by atoms with Crippen molar-refractivity contribution in [3.63, 3.8) is 0 Å². The summed E-state index contributed by atoms with van der Waals surface area (Å²) in [6.07, 6.45) is -0.659. The highest BCUT2D eigenvalue weighted by Crippen LogP contribution is 2.33. The Morgan fingerprint density at radius 1 is 1.03 bits per heavy atom. The first-order chi connectivity index (χ1) is 17.3. The van der Waals surface area contributed by atoms with Gasteiger partial charge in [0.1, 0.15) is 11.9 Å². The van der Waals surface area contributed by atoms with Crippen molar-refractivity contribution in [2.24, 2.45) is 0 Å². The van der Waals surface area contributed by atoms with Gasteiger partial charge in [0.2, 0.25) is 5.91 Å². The number of hydrogen-bond donors (Lipinski definition) is 4. The van der Waals surface area contributed by atoms with Gasteiger partial charge in [-0.15, -0.1) is 0 Å². The number of nitrogen functional groups attached to an aromatic ring is 1. The van der Waals surface area contributed by atoms with Gasteiger partial charge in [0.15, 0.2) is 6.10 Å². The van der Waals surface area contributed by atoms with E-state index in [0.29, 0.717) is 11.4 Å². The van der Waals surface area contributed by atoms with Gasteiger partial charge in [-0.1, -0.05) is 30.3 Å². The molecule has 2 atom stereocenters. The van der Waals surface area contributed by atoms with E-state index < -0.39 is 30.1 Å². The fourth-order valence-electron chi connectivity index (χ4n) is 3.23. The molecule has 0 saturated heterocycles. The molecule has 3 aromatic rings. The third kappa shape index (κ3) is 7.30. The maximum atomic E-state index is 12.6. The van der Waals surface area contributed by atoms with Crippen LogP contribution in [0.2, 0.25) is 0 Å². The zero-order chi connectivity index (χ0) is 26.1. The molecule has 0 fully saturated rings. The average Bonchev–Trinajstić information content (AvgIpc) is 2.87. The summed E-state index contributed by atoms with van der Waals surface area (Å²) < 4.78 is 11.8. The van der Waals surface area contributed by atoms with Crippen LogP contribution in [0.1, 0.15) is 22.0 Å². The maximum Gasteiger partial charge on any atom is 0.414 e. The van der Waals surface area contributed by atoms with Crippen LogP contribution in [0.25, 0.3) is 0 Å². The third-order valence-electron chi connectivity index (χ3n) is 5.01. The number of benzene rings is 3. The zero-order valence-corrected chi connectivity index (χ0v) is 21.3. The first-order valence-corrected chi connectivity index (χ1v) is 11.8. The summed E-state index contributed by atoms with van der Waals surface area (Å²) in [6, 6.07) is 19.6. The Bertz CT molecular complexity index is 1270. The van der Waals surface area contributed by atoms with E-state index in [1.807, 2.05) is 22.6 Å². The van der Waals surface area contributed by atoms with Crippen LogP contribution in [0.3, 0.4) is 0 Å². The number of rotatable bonds is 8. The lowest BCUT2D eigenvalue weighted by Gasteiger charge is -2.25. The molecule has 0 aliphatic carbocycles. The maximum absolute atomic E-state index is 12.6. The van der Waals surface area contributed by atoms with E-state index in [-0.39, 0.29) is 16.9 Å². The molecule has 0 saturated carbocycles. The van der Waals surface area contributed by atoms with Gasteiger partial charge in [-0.25, -0.2) is 4.79 Å². The van der Waals surface area contributed by atoms with E-state index in [4.69, 9.17) is 15.2 Å². The smallest absolute Gasteiger partial charge is 0.414 e. The molecule has 0 unspecified atom stereocenters. The number of anilines is 2. The lowest BCUT2D eigenvalue weighted by molar-refractivity contribution is -0.112. The summed E-state index contributed by atoms with van der Waals surface area (Å²) in [7, 11) is 1.36. The Kier molecular flexibility index (Phi) is 9.42. The Morgan fingerprint density at radius 3 is 2.42 bits per heavy atom. The summed E-state index contributed by atoms with van der Waals surface area (Å²) in [6.45, 7) is 0. The van der Waals surface area contributed by atoms with Crippen LogP contribution in [0, 0.1) is 3.57 Å². The quantitative estimate of drug-likeness (QED) is 0.171. The Labute approximate surface area is 221 Å². The van der Waals surface area contributed by atoms with E-state index in [1.54, 1.807) is 66.7 Å². The van der Waals surface area contributed by atoms with Crippen molar-refractivity contribution in [2.45, 2.75) is 12.2 Å². The number of phenolic OH excluding ortho intramolecular Hbond substituents is 1. The number of imide groups is 1. The monoisotopic (exact) mass is 601 g/mol. The van der Waals surface area contributed by atoms with Crippen LogP contribution in [0.5, 0.6) is 5.75 Å². The van der Waals surface area contributed by atoms with Crippen LogP contribution < -0.4 is 16.4 Å². The molecule has 3 rings (SSSR count). The van der Waals surface area contributed by atoms with Gasteiger partial charge >= 0.3 is 6.09 Å². The normalized spacial score (nSPS) is 12.5. The van der Waals surface area contributed by atoms with Gasteiger partial charge in [-0.05, 0) is 71.1 Å². The van der Waals surface area contributed by atoms with Gasteiger partial charge in [0, 0.05) is 27.9 Å². The molecule has 0 heterocycles. The molecule has 5 N–H and O–H groups in total. The van der Waals surface area contributed by atoms with E-state index in [9.17, 15) is 19.5 Å². The van der Waals surface area contributed by atoms with Gasteiger partial charge in [-0.3, -0.25) is 14.9 Å². The third-order valence-corrected chi connectivity index (χ3v) is 5.68. The fraction of sp³-hybridized carbons (Fsp3) is 0.115. The molecule has 0 aromatic heterocycles. The number of nitrogens with two attached hydrogens (primary N) is 1. The number of halogens is 1. The molecule has 0 radical (unpaired) electrons. The fourth-order valence-corrected chi connectivity index (χ4v) is 3.75. The Balaban J connectivity index is 1.82. The van der Waals surface area contributed by atoms with Crippen LogP contribution in [0.4, 0.5) is 16.2 Å². The molecule has 0 aliphatic heterocycles. The minimum absolute atomic E-state index is 0.153. The van der Waals surface area contributed by atoms with Crippen LogP contribution >= 0.6 is 22.6 Å². The summed E-state index contributed by atoms with van der Waals surface area (Å²) >= 11 is 2.04. The molecule has 186 valence electrons. The summed E-state index contributed by atoms with van der Waals surface area (Å²) in [5.41, 5.74) is 7.18. The van der Waals surface area contributed by atoms with Gasteiger partial charge in [0.25, 0.3) is 5.91 Å². The number of alkyl carbamates (subject to hydrolysis) is 1. The number of carbonyl (C=O) groups is 3. The minimum Gasteiger partial charge on any atom is -0.508 e. The second-order valence-corrected chi connectivity index (χ2v) is 8.73. The predicted molar refractivity (Wildman–Crippen MR) is 143 cm³/mol. The van der Waals surface area contributed by atoms with E-state index in [1.165, 1.54) is 25.3 Å². The van der Waals surface area contributed by atoms with Gasteiger partial charge in [0.05, 0.1) is 11.4 Å². The highest BCUT2D eigenvalue weighted by Gasteiger charge is 2.29. The van der Waals surface area contributed by atoms with E-state index in [0.717, 1.165) is 3.57 Å². The second-order valence-electron chi connectivity index (χ2n) is 7.49. The van der Waals surface area contributed by atoms with E-state index in [2.05, 4.69) is 10.6 Å². The Morgan fingerprint density at radius 2 is 1.72 bits per heavy atom. The molecular formula is C26H24IN3O6. The van der Waals surface area contributed by atoms with Crippen molar-refractivity contribution in [1.29, 1.82) is 0 Å². The van der Waals surface area contributed by atoms with Crippen molar-refractivity contribution in [2.75, 3.05) is 18.2 Å². The lowest BCUT2D eigenvalue weighted by atomic mass is 10.0. The lowest BCUT2D eigenvalue weighted by Crippen LogP contribution is -2.35. The first-order valence-electron chi connectivity index (χ1n) is 10.7. The summed E-state index contributed by atoms with van der Waals surface area (Å²) in [5, 5.41) is 15.3. The van der Waals surface area contributed by atoms with Crippen LogP contribution in [-0.4, -0.2) is 36.2 Å². The SMILES string of the molecule is CO[C@@H](/C=C/C(=O)Nc1ccccc1N)[C@@H](OC(=O)NC(=O)c1ccccc1)c1cc(I)ccc1O. The first kappa shape index (κ1) is 26.7. The molecule has 3 amide bonds. The minimum atomic E-state index is -1.20. The molecule has 0 aliphatic rings. The molecule has 0 bridgehead atoms. The molecule has 3 aromatic carbocycles. The zero-order valence-electron chi connectivity index (χ0n) is 19.2. The largest absolute Gasteiger partial charge is 0.508 e. The van der Waals surface area contributed by atoms with Crippen molar-refractivity contribution >= 4 is 51.9 Å². The number of hydrogen-bond acceptors (Lipinski definition) is 7. The Hall–Kier alpha value is -3.90. The van der Waals surface area contributed by atoms with Crippen molar-refractivity contribution < 1.29 is 29.0 Å². The highest BCUT2D eigenvalue weighted by atomic mass is 127. The number of aromatic hydroxyl groups is 1. The second kappa shape index (κ2) is 12.7. The van der Waals surface area contributed by atoms with Gasteiger partial charge < -0.3 is 25.6 Å². The molecule has 9 nitrogen and oxygen atoms in total. The number of nitrogens with one attached hydrogen (secondary N) is 2.